The van der Waals surface area contributed by atoms with E-state index in [1.54, 1.807) is 10.6 Å². The van der Waals surface area contributed by atoms with Crippen molar-refractivity contribution in [3.63, 3.8) is 0 Å². The van der Waals surface area contributed by atoms with Crippen LogP contribution in [0.5, 0.6) is 0 Å². The maximum atomic E-state index is 13.0. The maximum absolute atomic E-state index is 13.0. The Morgan fingerprint density at radius 1 is 1.14 bits per heavy atom. The summed E-state index contributed by atoms with van der Waals surface area (Å²) in [5.41, 5.74) is 3.58. The van der Waals surface area contributed by atoms with Gasteiger partial charge in [0.05, 0.1) is 16.2 Å². The molecule has 3 rings (SSSR count). The van der Waals surface area contributed by atoms with Gasteiger partial charge in [0.15, 0.2) is 5.16 Å². The molecule has 0 aliphatic rings. The van der Waals surface area contributed by atoms with Gasteiger partial charge in [-0.1, -0.05) is 55.4 Å². The van der Waals surface area contributed by atoms with Crippen molar-refractivity contribution in [3.05, 3.63) is 63.9 Å². The number of rotatable bonds is 6. The average molecular weight is 410 g/mol. The van der Waals surface area contributed by atoms with E-state index in [4.69, 9.17) is 4.98 Å². The molecule has 6 heteroatoms. The van der Waals surface area contributed by atoms with Crippen LogP contribution in [0.25, 0.3) is 10.9 Å². The Kier molecular flexibility index (Phi) is 6.42. The van der Waals surface area contributed by atoms with Crippen LogP contribution in [0.2, 0.25) is 0 Å². The number of amides is 1. The third kappa shape index (κ3) is 4.88. The minimum atomic E-state index is -0.401. The van der Waals surface area contributed by atoms with Crippen molar-refractivity contribution < 1.29 is 4.79 Å². The molecule has 1 aromatic heterocycles. The molecular weight excluding hydrogens is 382 g/mol. The summed E-state index contributed by atoms with van der Waals surface area (Å²) in [6.07, 6.45) is 0. The number of hydrogen-bond acceptors (Lipinski definition) is 4. The Bertz CT molecular complexity index is 1100. The predicted octanol–water partition coefficient (Wildman–Crippen LogP) is 4.79. The van der Waals surface area contributed by atoms with Gasteiger partial charge in [0.2, 0.25) is 5.91 Å². The average Bonchev–Trinajstić information content (AvgIpc) is 2.66. The Morgan fingerprint density at radius 3 is 2.55 bits per heavy atom. The van der Waals surface area contributed by atoms with E-state index in [0.29, 0.717) is 22.6 Å². The summed E-state index contributed by atoms with van der Waals surface area (Å²) in [5, 5.41) is 3.77. The van der Waals surface area contributed by atoms with Gasteiger partial charge in [0.1, 0.15) is 0 Å². The molecule has 5 nitrogen and oxygen atoms in total. The molecule has 0 bridgehead atoms. The number of para-hydroxylation sites is 1. The summed E-state index contributed by atoms with van der Waals surface area (Å²) in [7, 11) is 0. The fourth-order valence-corrected chi connectivity index (χ4v) is 4.08. The Balaban J connectivity index is 1.89. The first-order chi connectivity index (χ1) is 13.8. The van der Waals surface area contributed by atoms with Gasteiger partial charge in [-0.2, -0.15) is 0 Å². The lowest BCUT2D eigenvalue weighted by Gasteiger charge is -2.18. The highest BCUT2D eigenvalue weighted by Crippen LogP contribution is 2.25. The Morgan fingerprint density at radius 2 is 1.86 bits per heavy atom. The highest BCUT2D eigenvalue weighted by atomic mass is 32.2. The van der Waals surface area contributed by atoms with Gasteiger partial charge in [-0.3, -0.25) is 14.2 Å². The van der Waals surface area contributed by atoms with E-state index in [1.807, 2.05) is 57.2 Å². The van der Waals surface area contributed by atoms with Crippen LogP contribution in [-0.4, -0.2) is 20.7 Å². The molecule has 0 fully saturated rings. The number of carbonyl (C=O) groups is 1. The molecule has 0 aliphatic carbocycles. The predicted molar refractivity (Wildman–Crippen MR) is 121 cm³/mol. The molecule has 0 aliphatic heterocycles. The van der Waals surface area contributed by atoms with Crippen LogP contribution in [0.4, 0.5) is 5.69 Å². The van der Waals surface area contributed by atoms with Crippen LogP contribution < -0.4 is 10.9 Å². The maximum Gasteiger partial charge on any atom is 0.262 e. The Labute approximate surface area is 175 Å². The zero-order valence-electron chi connectivity index (χ0n) is 17.5. The van der Waals surface area contributed by atoms with Gasteiger partial charge in [-0.15, -0.1) is 0 Å². The first kappa shape index (κ1) is 21.1. The van der Waals surface area contributed by atoms with Gasteiger partial charge in [-0.25, -0.2) is 4.98 Å². The number of benzene rings is 2. The van der Waals surface area contributed by atoms with Gasteiger partial charge in [0, 0.05) is 12.2 Å². The highest BCUT2D eigenvalue weighted by molar-refractivity contribution is 8.00. The monoisotopic (exact) mass is 409 g/mol. The fourth-order valence-electron chi connectivity index (χ4n) is 3.16. The van der Waals surface area contributed by atoms with Crippen LogP contribution in [0.15, 0.2) is 52.4 Å². The summed E-state index contributed by atoms with van der Waals surface area (Å²) < 4.78 is 1.69. The summed E-state index contributed by atoms with van der Waals surface area (Å²) >= 11 is 1.32. The van der Waals surface area contributed by atoms with Crippen molar-refractivity contribution in [2.45, 2.75) is 51.6 Å². The minimum absolute atomic E-state index is 0.0613. The molecule has 152 valence electrons. The van der Waals surface area contributed by atoms with Gasteiger partial charge >= 0.3 is 0 Å². The van der Waals surface area contributed by atoms with Gasteiger partial charge in [-0.05, 0) is 50.5 Å². The van der Waals surface area contributed by atoms with E-state index in [2.05, 4.69) is 19.2 Å². The zero-order chi connectivity index (χ0) is 21.1. The molecule has 1 atom stereocenters. The van der Waals surface area contributed by atoms with E-state index >= 15 is 0 Å². The standard InChI is InChI=1S/C23H27N3O2S/c1-14(2)13-26-22(28)18-8-6-7-9-20(18)25-23(26)29-17(5)21(27)24-19-11-10-15(3)12-16(19)4/h6-12,14,17H,13H2,1-5H3,(H,24,27)/t17-/m0/s1. The lowest BCUT2D eigenvalue weighted by atomic mass is 10.1. The number of nitrogens with zero attached hydrogens (tertiary/aromatic N) is 2. The quantitative estimate of drug-likeness (QED) is 0.470. The lowest BCUT2D eigenvalue weighted by molar-refractivity contribution is -0.115. The van der Waals surface area contributed by atoms with Crippen LogP contribution >= 0.6 is 11.8 Å². The van der Waals surface area contributed by atoms with E-state index in [1.165, 1.54) is 11.8 Å². The number of carbonyl (C=O) groups excluding carboxylic acids is 1. The lowest BCUT2D eigenvalue weighted by Crippen LogP contribution is -2.28. The van der Waals surface area contributed by atoms with E-state index in [-0.39, 0.29) is 17.4 Å². The number of aromatic nitrogens is 2. The summed E-state index contributed by atoms with van der Waals surface area (Å²) in [4.78, 5) is 30.5. The van der Waals surface area contributed by atoms with Crippen molar-refractivity contribution >= 4 is 34.3 Å². The first-order valence-electron chi connectivity index (χ1n) is 9.80. The molecular formula is C23H27N3O2S. The number of nitrogens with one attached hydrogen (secondary N) is 1. The molecule has 0 radical (unpaired) electrons. The molecule has 1 N–H and O–H groups in total. The molecule has 29 heavy (non-hydrogen) atoms. The first-order valence-corrected chi connectivity index (χ1v) is 10.7. The zero-order valence-corrected chi connectivity index (χ0v) is 18.3. The van der Waals surface area contributed by atoms with Crippen molar-refractivity contribution in [1.82, 2.24) is 9.55 Å². The molecule has 0 saturated heterocycles. The molecule has 0 unspecified atom stereocenters. The van der Waals surface area contributed by atoms with Crippen LogP contribution in [0.3, 0.4) is 0 Å². The molecule has 0 saturated carbocycles. The third-order valence-electron chi connectivity index (χ3n) is 4.67. The van der Waals surface area contributed by atoms with E-state index < -0.39 is 5.25 Å². The van der Waals surface area contributed by atoms with Gasteiger partial charge < -0.3 is 5.32 Å². The number of anilines is 1. The third-order valence-corrected chi connectivity index (χ3v) is 5.76. The largest absolute Gasteiger partial charge is 0.325 e. The molecule has 0 spiro atoms. The van der Waals surface area contributed by atoms with Gasteiger partial charge in [0.25, 0.3) is 5.56 Å². The second-order valence-electron chi connectivity index (χ2n) is 7.79. The number of hydrogen-bond donors (Lipinski definition) is 1. The SMILES string of the molecule is Cc1ccc(NC(=O)[C@H](C)Sc2nc3ccccc3c(=O)n2CC(C)C)c(C)c1. The summed E-state index contributed by atoms with van der Waals surface area (Å²) in [6, 6.07) is 13.3. The molecule has 2 aromatic carbocycles. The second-order valence-corrected chi connectivity index (χ2v) is 9.10. The highest BCUT2D eigenvalue weighted by Gasteiger charge is 2.20. The van der Waals surface area contributed by atoms with Crippen molar-refractivity contribution in [2.24, 2.45) is 5.92 Å². The van der Waals surface area contributed by atoms with E-state index in [9.17, 15) is 9.59 Å². The van der Waals surface area contributed by atoms with Crippen LogP contribution in [0, 0.1) is 19.8 Å². The number of thioether (sulfide) groups is 1. The Hall–Kier alpha value is -2.60. The van der Waals surface area contributed by atoms with Crippen LogP contribution in [0.1, 0.15) is 31.9 Å². The molecule has 1 amide bonds. The fraction of sp³-hybridized carbons (Fsp3) is 0.348. The van der Waals surface area contributed by atoms with Crippen LogP contribution in [-0.2, 0) is 11.3 Å². The summed E-state index contributed by atoms with van der Waals surface area (Å²) in [5.74, 6) is 0.176. The normalized spacial score (nSPS) is 12.3. The summed E-state index contributed by atoms with van der Waals surface area (Å²) in [6.45, 7) is 10.5. The smallest absolute Gasteiger partial charge is 0.262 e. The molecule has 3 aromatic rings. The second kappa shape index (κ2) is 8.82. The van der Waals surface area contributed by atoms with Crippen molar-refractivity contribution in [3.8, 4) is 0 Å². The van der Waals surface area contributed by atoms with Crippen molar-refractivity contribution in [2.75, 3.05) is 5.32 Å². The van der Waals surface area contributed by atoms with Crippen molar-refractivity contribution in [1.29, 1.82) is 0 Å². The topological polar surface area (TPSA) is 64.0 Å². The number of fused-ring (bicyclic) bond motifs is 1. The minimum Gasteiger partial charge on any atom is -0.325 e. The molecule has 1 heterocycles. The number of aryl methyl sites for hydroxylation is 2. The van der Waals surface area contributed by atoms with E-state index in [0.717, 1.165) is 16.8 Å².